The molecule has 5 rings (SSSR count). The SMILES string of the molecule is CCOC(=O)C1=C(C)N=c2s/c(=C/c3c[nH]c4ccccc34)c(=O)n2[C@@H]1c1ccccc1OC. The number of nitrogens with one attached hydrogen (secondary N) is 1. The van der Waals surface area contributed by atoms with Crippen LogP contribution in [0, 0.1) is 0 Å². The van der Waals surface area contributed by atoms with Gasteiger partial charge in [-0.25, -0.2) is 9.79 Å². The summed E-state index contributed by atoms with van der Waals surface area (Å²) >= 11 is 1.30. The number of benzene rings is 2. The summed E-state index contributed by atoms with van der Waals surface area (Å²) in [6.45, 7) is 3.74. The van der Waals surface area contributed by atoms with Crippen molar-refractivity contribution in [2.45, 2.75) is 19.9 Å². The van der Waals surface area contributed by atoms with E-state index in [9.17, 15) is 9.59 Å². The number of aromatic nitrogens is 2. The predicted octanol–water partition coefficient (Wildman–Crippen LogP) is 3.29. The lowest BCUT2D eigenvalue weighted by Crippen LogP contribution is -2.40. The van der Waals surface area contributed by atoms with Crippen molar-refractivity contribution in [2.24, 2.45) is 4.99 Å². The molecule has 1 aliphatic rings. The fourth-order valence-electron chi connectivity index (χ4n) is 4.33. The van der Waals surface area contributed by atoms with Crippen LogP contribution in [0.15, 0.2) is 75.8 Å². The molecule has 2 aromatic carbocycles. The first-order valence-electron chi connectivity index (χ1n) is 10.9. The number of hydrogen-bond donors (Lipinski definition) is 1. The van der Waals surface area contributed by atoms with Crippen molar-refractivity contribution in [1.29, 1.82) is 0 Å². The van der Waals surface area contributed by atoms with Gasteiger partial charge in [-0.3, -0.25) is 9.36 Å². The lowest BCUT2D eigenvalue weighted by Gasteiger charge is -2.25. The zero-order valence-corrected chi connectivity index (χ0v) is 19.8. The van der Waals surface area contributed by atoms with E-state index < -0.39 is 12.0 Å². The van der Waals surface area contributed by atoms with Crippen LogP contribution >= 0.6 is 11.3 Å². The average Bonchev–Trinajstić information content (AvgIpc) is 3.39. The maximum absolute atomic E-state index is 13.7. The summed E-state index contributed by atoms with van der Waals surface area (Å²) in [5.74, 6) is 0.0840. The first-order valence-corrected chi connectivity index (χ1v) is 11.7. The average molecular weight is 474 g/mol. The fourth-order valence-corrected chi connectivity index (χ4v) is 5.37. The number of ether oxygens (including phenoxy) is 2. The van der Waals surface area contributed by atoms with Crippen LogP contribution in [0.3, 0.4) is 0 Å². The van der Waals surface area contributed by atoms with Crippen LogP contribution in [0.1, 0.15) is 31.0 Å². The highest BCUT2D eigenvalue weighted by molar-refractivity contribution is 7.07. The van der Waals surface area contributed by atoms with Crippen molar-refractivity contribution in [3.8, 4) is 5.75 Å². The Balaban J connectivity index is 1.77. The minimum Gasteiger partial charge on any atom is -0.496 e. The normalized spacial score (nSPS) is 15.9. The molecule has 4 aromatic rings. The molecule has 0 amide bonds. The summed E-state index contributed by atoms with van der Waals surface area (Å²) in [6.07, 6.45) is 3.75. The number of rotatable bonds is 5. The van der Waals surface area contributed by atoms with Gasteiger partial charge in [-0.1, -0.05) is 47.7 Å². The van der Waals surface area contributed by atoms with Gasteiger partial charge in [0.15, 0.2) is 4.80 Å². The molecule has 8 heteroatoms. The second-order valence-electron chi connectivity index (χ2n) is 7.83. The lowest BCUT2D eigenvalue weighted by atomic mass is 9.95. The molecule has 7 nitrogen and oxygen atoms in total. The number of H-pyrrole nitrogens is 1. The van der Waals surface area contributed by atoms with Crippen molar-refractivity contribution in [2.75, 3.05) is 13.7 Å². The quantitative estimate of drug-likeness (QED) is 0.451. The largest absolute Gasteiger partial charge is 0.496 e. The van der Waals surface area contributed by atoms with E-state index in [1.54, 1.807) is 25.5 Å². The van der Waals surface area contributed by atoms with Gasteiger partial charge >= 0.3 is 5.97 Å². The first-order chi connectivity index (χ1) is 16.5. The molecule has 1 atom stereocenters. The molecular weight excluding hydrogens is 450 g/mol. The number of fused-ring (bicyclic) bond motifs is 2. The number of allylic oxidation sites excluding steroid dienone is 1. The molecule has 0 unspecified atom stereocenters. The molecule has 0 bridgehead atoms. The van der Waals surface area contributed by atoms with E-state index in [4.69, 9.17) is 9.47 Å². The zero-order valence-electron chi connectivity index (χ0n) is 19.0. The molecule has 1 aliphatic heterocycles. The summed E-state index contributed by atoms with van der Waals surface area (Å²) in [5, 5.41) is 1.03. The van der Waals surface area contributed by atoms with Crippen molar-refractivity contribution in [1.82, 2.24) is 9.55 Å². The standard InChI is InChI=1S/C26H23N3O4S/c1-4-33-25(31)22-15(2)28-26-29(23(22)18-10-6-8-12-20(18)32-3)24(30)21(34-26)13-16-14-27-19-11-7-5-9-17(16)19/h5-14,23,27H,4H2,1-3H3/b21-13+/t23-/m1/s1. The molecule has 0 fully saturated rings. The molecule has 0 saturated carbocycles. The Kier molecular flexibility index (Phi) is 5.67. The number of thiazole rings is 1. The van der Waals surface area contributed by atoms with Gasteiger partial charge in [0.25, 0.3) is 5.56 Å². The van der Waals surface area contributed by atoms with Crippen molar-refractivity contribution >= 4 is 34.3 Å². The fraction of sp³-hybridized carbons (Fsp3) is 0.192. The Bertz CT molecular complexity index is 1620. The lowest BCUT2D eigenvalue weighted by molar-refractivity contribution is -0.139. The Morgan fingerprint density at radius 3 is 2.76 bits per heavy atom. The number of para-hydroxylation sites is 2. The van der Waals surface area contributed by atoms with Gasteiger partial charge in [-0.05, 0) is 32.1 Å². The molecule has 34 heavy (non-hydrogen) atoms. The number of hydrogen-bond acceptors (Lipinski definition) is 6. The molecule has 0 spiro atoms. The Hall–Kier alpha value is -3.91. The third-order valence-electron chi connectivity index (χ3n) is 5.86. The zero-order chi connectivity index (χ0) is 23.8. The monoisotopic (exact) mass is 473 g/mol. The van der Waals surface area contributed by atoms with E-state index in [0.29, 0.717) is 31.9 Å². The summed E-state index contributed by atoms with van der Waals surface area (Å²) in [6, 6.07) is 14.6. The molecular formula is C26H23N3O4S. The van der Waals surface area contributed by atoms with Crippen molar-refractivity contribution in [3.05, 3.63) is 96.8 Å². The minimum atomic E-state index is -0.712. The van der Waals surface area contributed by atoms with Gasteiger partial charge in [0.05, 0.1) is 29.5 Å². The number of esters is 1. The Morgan fingerprint density at radius 2 is 1.97 bits per heavy atom. The van der Waals surface area contributed by atoms with E-state index in [-0.39, 0.29) is 12.2 Å². The highest BCUT2D eigenvalue weighted by atomic mass is 32.1. The van der Waals surface area contributed by atoms with Crippen LogP contribution in [-0.2, 0) is 9.53 Å². The van der Waals surface area contributed by atoms with Gasteiger partial charge in [-0.2, -0.15) is 0 Å². The number of carbonyl (C=O) groups is 1. The first kappa shape index (κ1) is 21.9. The van der Waals surface area contributed by atoms with Crippen LogP contribution in [0.2, 0.25) is 0 Å². The topological polar surface area (TPSA) is 85.7 Å². The van der Waals surface area contributed by atoms with E-state index in [1.165, 1.54) is 11.3 Å². The predicted molar refractivity (Wildman–Crippen MR) is 132 cm³/mol. The molecule has 1 N–H and O–H groups in total. The smallest absolute Gasteiger partial charge is 0.338 e. The Morgan fingerprint density at radius 1 is 1.21 bits per heavy atom. The van der Waals surface area contributed by atoms with Gasteiger partial charge < -0.3 is 14.5 Å². The second-order valence-corrected chi connectivity index (χ2v) is 8.84. The van der Waals surface area contributed by atoms with Crippen LogP contribution in [0.4, 0.5) is 0 Å². The molecule has 2 aromatic heterocycles. The number of methoxy groups -OCH3 is 1. The summed E-state index contributed by atoms with van der Waals surface area (Å²) in [4.78, 5) is 35.2. The van der Waals surface area contributed by atoms with Gasteiger partial charge in [0.2, 0.25) is 0 Å². The van der Waals surface area contributed by atoms with E-state index >= 15 is 0 Å². The third-order valence-corrected chi connectivity index (χ3v) is 6.84. The summed E-state index contributed by atoms with van der Waals surface area (Å²) in [5.41, 5.74) is 3.23. The minimum absolute atomic E-state index is 0.221. The van der Waals surface area contributed by atoms with E-state index in [0.717, 1.165) is 16.5 Å². The van der Waals surface area contributed by atoms with Crippen molar-refractivity contribution in [3.63, 3.8) is 0 Å². The summed E-state index contributed by atoms with van der Waals surface area (Å²) < 4.78 is 13.0. The highest BCUT2D eigenvalue weighted by Crippen LogP contribution is 2.35. The maximum Gasteiger partial charge on any atom is 0.338 e. The molecule has 172 valence electrons. The van der Waals surface area contributed by atoms with Gasteiger partial charge in [0.1, 0.15) is 11.8 Å². The maximum atomic E-state index is 13.7. The molecule has 0 aliphatic carbocycles. The van der Waals surface area contributed by atoms with E-state index in [2.05, 4.69) is 9.98 Å². The molecule has 3 heterocycles. The van der Waals surface area contributed by atoms with Crippen LogP contribution in [-0.4, -0.2) is 29.2 Å². The van der Waals surface area contributed by atoms with Crippen LogP contribution in [0.5, 0.6) is 5.75 Å². The highest BCUT2D eigenvalue weighted by Gasteiger charge is 2.34. The van der Waals surface area contributed by atoms with Gasteiger partial charge in [-0.15, -0.1) is 0 Å². The van der Waals surface area contributed by atoms with Crippen LogP contribution in [0.25, 0.3) is 17.0 Å². The van der Waals surface area contributed by atoms with Gasteiger partial charge in [0, 0.05) is 28.2 Å². The number of nitrogens with zero attached hydrogens (tertiary/aromatic N) is 2. The second kappa shape index (κ2) is 8.79. The number of carbonyl (C=O) groups excluding carboxylic acids is 1. The Labute approximate surface area is 199 Å². The van der Waals surface area contributed by atoms with Crippen LogP contribution < -0.4 is 19.6 Å². The summed E-state index contributed by atoms with van der Waals surface area (Å²) in [7, 11) is 1.57. The molecule has 0 radical (unpaired) electrons. The number of aromatic amines is 1. The third kappa shape index (κ3) is 3.56. The van der Waals surface area contributed by atoms with E-state index in [1.807, 2.05) is 60.8 Å². The van der Waals surface area contributed by atoms with Crippen molar-refractivity contribution < 1.29 is 14.3 Å². The molecule has 0 saturated heterocycles.